The number of piperidine rings is 3. The number of nitrogen functional groups attached to an aromatic ring is 1. The summed E-state index contributed by atoms with van der Waals surface area (Å²) in [4.78, 5) is 49.8. The van der Waals surface area contributed by atoms with E-state index in [9.17, 15) is 14.4 Å². The Bertz CT molecular complexity index is 1650. The topological polar surface area (TPSA) is 120 Å². The molecule has 3 fully saturated rings. The molecular formula is C35H44Br3N7O3. The van der Waals surface area contributed by atoms with Gasteiger partial charge in [0.05, 0.1) is 11.4 Å². The molecule has 1 atom stereocenters. The van der Waals surface area contributed by atoms with Gasteiger partial charge in [-0.25, -0.2) is 9.59 Å². The van der Waals surface area contributed by atoms with Crippen LogP contribution in [0.1, 0.15) is 50.1 Å². The molecule has 2 aromatic carbocycles. The van der Waals surface area contributed by atoms with Crippen LogP contribution in [0.2, 0.25) is 0 Å². The van der Waals surface area contributed by atoms with Crippen LogP contribution in [-0.4, -0.2) is 88.5 Å². The molecule has 4 N–H and O–H groups in total. The van der Waals surface area contributed by atoms with Crippen molar-refractivity contribution in [3.05, 3.63) is 72.1 Å². The minimum atomic E-state index is -0.711. The lowest BCUT2D eigenvalue weighted by Crippen LogP contribution is -2.55. The first-order valence-electron chi connectivity index (χ1n) is 16.9. The average molecular weight is 850 g/mol. The number of anilines is 1. The smallest absolute Gasteiger partial charge is 0.326 e. The van der Waals surface area contributed by atoms with E-state index in [0.29, 0.717) is 44.0 Å². The number of rotatable bonds is 7. The maximum absolute atomic E-state index is 14.1. The van der Waals surface area contributed by atoms with Crippen LogP contribution >= 0.6 is 47.8 Å². The first-order chi connectivity index (χ1) is 23.0. The highest BCUT2D eigenvalue weighted by Crippen LogP contribution is 2.33. The number of carbonyl (C=O) groups excluding carboxylic acids is 2. The second-order valence-corrected chi connectivity index (χ2v) is 16.2. The molecule has 3 aromatic rings. The molecule has 0 spiro atoms. The predicted molar refractivity (Wildman–Crippen MR) is 200 cm³/mol. The highest BCUT2D eigenvalue weighted by molar-refractivity contribution is 9.11. The highest BCUT2D eigenvalue weighted by Gasteiger charge is 2.34. The second kappa shape index (κ2) is 15.5. The van der Waals surface area contributed by atoms with E-state index in [0.717, 1.165) is 75.2 Å². The van der Waals surface area contributed by atoms with E-state index >= 15 is 0 Å². The van der Waals surface area contributed by atoms with Gasteiger partial charge in [0.25, 0.3) is 0 Å². The number of halogens is 3. The number of hydrogen-bond acceptors (Lipinski definition) is 5. The lowest BCUT2D eigenvalue weighted by atomic mass is 9.79. The Hall–Kier alpha value is -2.61. The molecule has 0 unspecified atom stereocenters. The zero-order valence-corrected chi connectivity index (χ0v) is 32.0. The molecular weight excluding hydrogens is 806 g/mol. The van der Waals surface area contributed by atoms with Crippen LogP contribution in [-0.2, 0) is 11.2 Å². The molecule has 3 aliphatic heterocycles. The van der Waals surface area contributed by atoms with Crippen LogP contribution < -0.4 is 16.7 Å². The highest BCUT2D eigenvalue weighted by atomic mass is 79.9. The van der Waals surface area contributed by atoms with E-state index in [1.165, 1.54) is 12.8 Å². The summed E-state index contributed by atoms with van der Waals surface area (Å²) in [6.45, 7) is 4.71. The number of nitrogens with zero attached hydrogens (tertiary/aromatic N) is 4. The number of carbonyl (C=O) groups is 2. The van der Waals surface area contributed by atoms with Crippen LogP contribution in [0.15, 0.2) is 60.8 Å². The van der Waals surface area contributed by atoms with Gasteiger partial charge in [-0.2, -0.15) is 0 Å². The number of aromatic amines is 1. The van der Waals surface area contributed by atoms with Crippen LogP contribution in [0.4, 0.5) is 10.5 Å². The fourth-order valence-corrected chi connectivity index (χ4v) is 9.25. The number of aromatic nitrogens is 2. The molecule has 3 saturated heterocycles. The third kappa shape index (κ3) is 8.22. The van der Waals surface area contributed by atoms with Gasteiger partial charge in [0.2, 0.25) is 5.91 Å². The van der Waals surface area contributed by atoms with Crippen molar-refractivity contribution in [3.63, 3.8) is 0 Å². The molecule has 0 saturated carbocycles. The van der Waals surface area contributed by atoms with E-state index in [1.54, 1.807) is 9.47 Å². The molecule has 1 aromatic heterocycles. The second-order valence-electron chi connectivity index (χ2n) is 13.6. The zero-order valence-electron chi connectivity index (χ0n) is 27.3. The number of imidazole rings is 1. The fraction of sp³-hybridized carbons (Fsp3) is 0.514. The Morgan fingerprint density at radius 3 is 2.12 bits per heavy atom. The number of likely N-dealkylation sites (tertiary alicyclic amines) is 3. The molecule has 0 aliphatic carbocycles. The quantitative estimate of drug-likeness (QED) is 0.243. The third-order valence-electron chi connectivity index (χ3n) is 10.5. The van der Waals surface area contributed by atoms with Crippen molar-refractivity contribution in [2.24, 2.45) is 11.8 Å². The molecule has 48 heavy (non-hydrogen) atoms. The van der Waals surface area contributed by atoms with Gasteiger partial charge in [-0.05, 0) is 132 Å². The van der Waals surface area contributed by atoms with E-state index in [-0.39, 0.29) is 23.7 Å². The first-order valence-corrected chi connectivity index (χ1v) is 19.3. The van der Waals surface area contributed by atoms with E-state index in [4.69, 9.17) is 5.73 Å². The summed E-state index contributed by atoms with van der Waals surface area (Å²) in [5.41, 5.74) is 9.17. The van der Waals surface area contributed by atoms with Crippen LogP contribution in [0, 0.1) is 11.8 Å². The van der Waals surface area contributed by atoms with E-state index in [1.807, 2.05) is 47.5 Å². The van der Waals surface area contributed by atoms with Gasteiger partial charge in [0, 0.05) is 63.8 Å². The number of nitrogens with two attached hydrogens (primary N) is 1. The van der Waals surface area contributed by atoms with Crippen LogP contribution in [0.3, 0.4) is 0 Å². The van der Waals surface area contributed by atoms with Gasteiger partial charge in [-0.15, -0.1) is 0 Å². The molecule has 0 radical (unpaired) electrons. The minimum absolute atomic E-state index is 0.0218. The van der Waals surface area contributed by atoms with Gasteiger partial charge in [0.1, 0.15) is 6.04 Å². The van der Waals surface area contributed by atoms with Crippen molar-refractivity contribution in [2.45, 2.75) is 57.0 Å². The third-order valence-corrected chi connectivity index (χ3v) is 12.3. The number of H-pyrrole nitrogens is 1. The number of nitrogens with one attached hydrogen (secondary N) is 2. The number of benzene rings is 2. The maximum atomic E-state index is 14.1. The molecule has 10 nitrogen and oxygen atoms in total. The summed E-state index contributed by atoms with van der Waals surface area (Å²) < 4.78 is 4.18. The molecule has 3 aliphatic rings. The summed E-state index contributed by atoms with van der Waals surface area (Å²) in [6, 6.07) is 10.7. The Morgan fingerprint density at radius 2 is 1.50 bits per heavy atom. The summed E-state index contributed by atoms with van der Waals surface area (Å²) in [5, 5.41) is 3.11. The largest absolute Gasteiger partial charge is 0.397 e. The predicted octanol–water partition coefficient (Wildman–Crippen LogP) is 6.25. The molecule has 4 heterocycles. The average Bonchev–Trinajstić information content (AvgIpc) is 3.48. The van der Waals surface area contributed by atoms with Gasteiger partial charge in [-0.3, -0.25) is 9.36 Å². The maximum Gasteiger partial charge on any atom is 0.326 e. The molecule has 3 amide bonds. The van der Waals surface area contributed by atoms with Crippen molar-refractivity contribution >= 4 is 65.4 Å². The normalized spacial score (nSPS) is 19.4. The minimum Gasteiger partial charge on any atom is -0.397 e. The summed E-state index contributed by atoms with van der Waals surface area (Å²) in [6.07, 6.45) is 7.99. The van der Waals surface area contributed by atoms with Crippen molar-refractivity contribution < 1.29 is 9.59 Å². The number of hydrogen-bond donors (Lipinski definition) is 3. The first kappa shape index (κ1) is 35.2. The number of amides is 3. The van der Waals surface area contributed by atoms with Gasteiger partial charge >= 0.3 is 11.7 Å². The lowest BCUT2D eigenvalue weighted by Gasteiger charge is -2.40. The van der Waals surface area contributed by atoms with Crippen LogP contribution in [0.25, 0.3) is 11.3 Å². The van der Waals surface area contributed by atoms with Crippen LogP contribution in [0.5, 0.6) is 0 Å². The lowest BCUT2D eigenvalue weighted by molar-refractivity contribution is -0.135. The summed E-state index contributed by atoms with van der Waals surface area (Å²) in [5.74, 6) is 1.35. The van der Waals surface area contributed by atoms with Gasteiger partial charge < -0.3 is 30.7 Å². The van der Waals surface area contributed by atoms with Crippen molar-refractivity contribution in [3.8, 4) is 11.3 Å². The van der Waals surface area contributed by atoms with Crippen molar-refractivity contribution in [2.75, 3.05) is 52.0 Å². The molecule has 13 heteroatoms. The molecule has 258 valence electrons. The standard InChI is InChI=1S/C35H44Br3N7O3/c1-42-11-5-23(6-12-42)24-7-13-43(14-8-24)33(46)30(19-22-17-28(37)32(39)29(38)18-22)40-34(47)44-15-9-27(10-16-44)45-21-31(41-35(45)48)25-3-2-4-26(36)20-25/h2-4,17-18,20-21,23-24,27,30H,5-16,19,39H2,1H3,(H,40,47)(H,41,48)/t30-/m0/s1. The molecule has 0 bridgehead atoms. The number of urea groups is 1. The Morgan fingerprint density at radius 1 is 0.896 bits per heavy atom. The van der Waals surface area contributed by atoms with Gasteiger partial charge in [0.15, 0.2) is 0 Å². The Balaban J connectivity index is 1.10. The fourth-order valence-electron chi connectivity index (χ4n) is 7.57. The summed E-state index contributed by atoms with van der Waals surface area (Å²) >= 11 is 10.6. The van der Waals surface area contributed by atoms with Crippen molar-refractivity contribution in [1.29, 1.82) is 0 Å². The Kier molecular flexibility index (Phi) is 11.4. The monoisotopic (exact) mass is 847 g/mol. The van der Waals surface area contributed by atoms with Gasteiger partial charge in [-0.1, -0.05) is 28.1 Å². The summed E-state index contributed by atoms with van der Waals surface area (Å²) in [7, 11) is 2.19. The molecule has 6 rings (SSSR count). The Labute approximate surface area is 307 Å². The van der Waals surface area contributed by atoms with E-state index < -0.39 is 6.04 Å². The van der Waals surface area contributed by atoms with E-state index in [2.05, 4.69) is 70.0 Å². The van der Waals surface area contributed by atoms with Crippen molar-refractivity contribution in [1.82, 2.24) is 29.6 Å². The SMILES string of the molecule is CN1CCC(C2CCN(C(=O)[C@H](Cc3cc(Br)c(N)c(Br)c3)NC(=O)N3CCC(n4cc(-c5cccc(Br)c5)[nH]c4=O)CC3)CC2)CC1. The zero-order chi connectivity index (χ0) is 33.9.